The molecule has 0 aromatic carbocycles. The average Bonchev–Trinajstić information content (AvgIpc) is 2.72. The minimum absolute atomic E-state index is 0.0920. The highest BCUT2D eigenvalue weighted by Crippen LogP contribution is 2.23. The summed E-state index contributed by atoms with van der Waals surface area (Å²) in [6.45, 7) is 5.40. The zero-order chi connectivity index (χ0) is 12.1. The van der Waals surface area contributed by atoms with Crippen LogP contribution >= 0.6 is 11.3 Å². The summed E-state index contributed by atoms with van der Waals surface area (Å²) in [5.74, 6) is 0.504. The van der Waals surface area contributed by atoms with Gasteiger partial charge in [0.15, 0.2) is 0 Å². The SMILES string of the molecule is CCC(C)C(N)c1csc(CCN(C)C)n1. The summed E-state index contributed by atoms with van der Waals surface area (Å²) in [5.41, 5.74) is 7.22. The number of thiazole rings is 1. The van der Waals surface area contributed by atoms with Gasteiger partial charge in [0, 0.05) is 18.3 Å². The first-order chi connectivity index (χ1) is 7.54. The molecule has 0 amide bonds. The zero-order valence-corrected chi connectivity index (χ0v) is 11.5. The maximum atomic E-state index is 6.15. The first kappa shape index (κ1) is 13.6. The largest absolute Gasteiger partial charge is 0.322 e. The summed E-state index contributed by atoms with van der Waals surface area (Å²) < 4.78 is 0. The molecule has 0 saturated carbocycles. The van der Waals surface area contributed by atoms with Crippen LogP contribution in [0, 0.1) is 5.92 Å². The lowest BCUT2D eigenvalue weighted by Crippen LogP contribution is -2.19. The lowest BCUT2D eigenvalue weighted by Gasteiger charge is -2.15. The first-order valence-electron chi connectivity index (χ1n) is 5.89. The molecule has 1 heterocycles. The molecule has 0 bridgehead atoms. The fraction of sp³-hybridized carbons (Fsp3) is 0.750. The van der Waals surface area contributed by atoms with Gasteiger partial charge in [0.05, 0.1) is 16.7 Å². The van der Waals surface area contributed by atoms with E-state index in [-0.39, 0.29) is 6.04 Å². The van der Waals surface area contributed by atoms with Gasteiger partial charge in [0.25, 0.3) is 0 Å². The normalized spacial score (nSPS) is 15.4. The van der Waals surface area contributed by atoms with E-state index in [9.17, 15) is 0 Å². The number of hydrogen-bond donors (Lipinski definition) is 1. The molecule has 2 atom stereocenters. The van der Waals surface area contributed by atoms with Gasteiger partial charge in [-0.15, -0.1) is 11.3 Å². The van der Waals surface area contributed by atoms with Gasteiger partial charge in [0.2, 0.25) is 0 Å². The standard InChI is InChI=1S/C12H23N3S/c1-5-9(2)12(13)10-8-16-11(14-10)6-7-15(3)4/h8-9,12H,5-7,13H2,1-4H3. The molecule has 0 aliphatic carbocycles. The van der Waals surface area contributed by atoms with E-state index in [1.165, 1.54) is 5.01 Å². The second-order valence-electron chi connectivity index (χ2n) is 4.63. The Labute approximate surface area is 103 Å². The van der Waals surface area contributed by atoms with Crippen molar-refractivity contribution in [3.63, 3.8) is 0 Å². The zero-order valence-electron chi connectivity index (χ0n) is 10.7. The minimum atomic E-state index is 0.0920. The van der Waals surface area contributed by atoms with E-state index in [1.807, 2.05) is 0 Å². The number of nitrogens with zero attached hydrogens (tertiary/aromatic N) is 2. The van der Waals surface area contributed by atoms with Crippen molar-refractivity contribution in [3.05, 3.63) is 16.1 Å². The quantitative estimate of drug-likeness (QED) is 0.831. The maximum Gasteiger partial charge on any atom is 0.0941 e. The summed E-state index contributed by atoms with van der Waals surface area (Å²) in [5, 5.41) is 3.31. The first-order valence-corrected chi connectivity index (χ1v) is 6.77. The number of likely N-dealkylation sites (N-methyl/N-ethyl adjacent to an activating group) is 1. The Hall–Kier alpha value is -0.450. The number of aromatic nitrogens is 1. The molecule has 0 aliphatic rings. The predicted molar refractivity (Wildman–Crippen MR) is 70.8 cm³/mol. The molecule has 1 aromatic heterocycles. The monoisotopic (exact) mass is 241 g/mol. The van der Waals surface area contributed by atoms with Gasteiger partial charge in [-0.25, -0.2) is 4.98 Å². The van der Waals surface area contributed by atoms with Crippen LogP contribution in [-0.2, 0) is 6.42 Å². The molecule has 2 unspecified atom stereocenters. The minimum Gasteiger partial charge on any atom is -0.322 e. The Bertz CT molecular complexity index is 309. The molecule has 1 aromatic rings. The molecule has 3 nitrogen and oxygen atoms in total. The fourth-order valence-corrected chi connectivity index (χ4v) is 2.29. The van der Waals surface area contributed by atoms with Crippen molar-refractivity contribution in [2.45, 2.75) is 32.7 Å². The number of rotatable bonds is 6. The molecule has 2 N–H and O–H groups in total. The van der Waals surface area contributed by atoms with Crippen molar-refractivity contribution in [1.82, 2.24) is 9.88 Å². The van der Waals surface area contributed by atoms with E-state index in [2.05, 4.69) is 43.2 Å². The third-order valence-electron chi connectivity index (χ3n) is 2.94. The lowest BCUT2D eigenvalue weighted by molar-refractivity contribution is 0.412. The van der Waals surface area contributed by atoms with Crippen LogP contribution in [0.4, 0.5) is 0 Å². The van der Waals surface area contributed by atoms with Gasteiger partial charge in [-0.1, -0.05) is 20.3 Å². The van der Waals surface area contributed by atoms with Crippen molar-refractivity contribution < 1.29 is 0 Å². The van der Waals surface area contributed by atoms with E-state index in [0.717, 1.165) is 25.1 Å². The Kier molecular flexibility index (Phi) is 5.38. The molecule has 4 heteroatoms. The Morgan fingerprint density at radius 1 is 1.50 bits per heavy atom. The van der Waals surface area contributed by atoms with Crippen LogP contribution in [0.5, 0.6) is 0 Å². The highest BCUT2D eigenvalue weighted by molar-refractivity contribution is 7.09. The summed E-state index contributed by atoms with van der Waals surface area (Å²) in [4.78, 5) is 6.79. The molecule has 0 spiro atoms. The number of nitrogens with two attached hydrogens (primary N) is 1. The van der Waals surface area contributed by atoms with Crippen molar-refractivity contribution in [2.75, 3.05) is 20.6 Å². The van der Waals surface area contributed by atoms with Gasteiger partial charge >= 0.3 is 0 Å². The van der Waals surface area contributed by atoms with Crippen molar-refractivity contribution in [1.29, 1.82) is 0 Å². The molecular weight excluding hydrogens is 218 g/mol. The second kappa shape index (κ2) is 6.33. The Balaban J connectivity index is 2.57. The second-order valence-corrected chi connectivity index (χ2v) is 5.57. The molecule has 0 fully saturated rings. The predicted octanol–water partition coefficient (Wildman–Crippen LogP) is 2.29. The van der Waals surface area contributed by atoms with E-state index < -0.39 is 0 Å². The molecule has 0 radical (unpaired) electrons. The maximum absolute atomic E-state index is 6.15. The van der Waals surface area contributed by atoms with Crippen LogP contribution in [0.2, 0.25) is 0 Å². The fourth-order valence-electron chi connectivity index (χ4n) is 1.46. The van der Waals surface area contributed by atoms with Crippen LogP contribution < -0.4 is 5.73 Å². The molecule has 0 aliphatic heterocycles. The third-order valence-corrected chi connectivity index (χ3v) is 3.87. The Morgan fingerprint density at radius 3 is 2.75 bits per heavy atom. The molecule has 16 heavy (non-hydrogen) atoms. The van der Waals surface area contributed by atoms with Crippen molar-refractivity contribution in [2.24, 2.45) is 11.7 Å². The third kappa shape index (κ3) is 3.85. The molecule has 92 valence electrons. The highest BCUT2D eigenvalue weighted by Gasteiger charge is 2.16. The van der Waals surface area contributed by atoms with Crippen LogP contribution in [-0.4, -0.2) is 30.5 Å². The van der Waals surface area contributed by atoms with Gasteiger partial charge in [-0.3, -0.25) is 0 Å². The average molecular weight is 241 g/mol. The van der Waals surface area contributed by atoms with Gasteiger partial charge in [-0.2, -0.15) is 0 Å². The summed E-state index contributed by atoms with van der Waals surface area (Å²) in [6, 6.07) is 0.0920. The van der Waals surface area contributed by atoms with Gasteiger partial charge in [-0.05, 0) is 20.0 Å². The number of hydrogen-bond acceptors (Lipinski definition) is 4. The van der Waals surface area contributed by atoms with Gasteiger partial charge in [0.1, 0.15) is 0 Å². The van der Waals surface area contributed by atoms with E-state index >= 15 is 0 Å². The van der Waals surface area contributed by atoms with Crippen LogP contribution in [0.3, 0.4) is 0 Å². The Morgan fingerprint density at radius 2 is 2.19 bits per heavy atom. The van der Waals surface area contributed by atoms with E-state index in [1.54, 1.807) is 11.3 Å². The van der Waals surface area contributed by atoms with Crippen LogP contribution in [0.25, 0.3) is 0 Å². The smallest absolute Gasteiger partial charge is 0.0941 e. The summed E-state index contributed by atoms with van der Waals surface area (Å²) >= 11 is 1.73. The summed E-state index contributed by atoms with van der Waals surface area (Å²) in [7, 11) is 4.17. The topological polar surface area (TPSA) is 42.1 Å². The van der Waals surface area contributed by atoms with Gasteiger partial charge < -0.3 is 10.6 Å². The van der Waals surface area contributed by atoms with Crippen LogP contribution in [0.15, 0.2) is 5.38 Å². The van der Waals surface area contributed by atoms with Crippen LogP contribution in [0.1, 0.15) is 37.0 Å². The van der Waals surface area contributed by atoms with Crippen molar-refractivity contribution >= 4 is 11.3 Å². The van der Waals surface area contributed by atoms with E-state index in [4.69, 9.17) is 5.73 Å². The molecule has 1 rings (SSSR count). The molecular formula is C12H23N3S. The molecule has 0 saturated heterocycles. The van der Waals surface area contributed by atoms with Crippen molar-refractivity contribution in [3.8, 4) is 0 Å². The highest BCUT2D eigenvalue weighted by atomic mass is 32.1. The summed E-state index contributed by atoms with van der Waals surface area (Å²) in [6.07, 6.45) is 2.12. The van der Waals surface area contributed by atoms with E-state index in [0.29, 0.717) is 5.92 Å². The lowest BCUT2D eigenvalue weighted by atomic mass is 9.98.